The lowest BCUT2D eigenvalue weighted by Gasteiger charge is -2.06. The highest BCUT2D eigenvalue weighted by molar-refractivity contribution is 7.92. The van der Waals surface area contributed by atoms with Crippen molar-refractivity contribution in [2.45, 2.75) is 4.90 Å². The molecule has 9 heteroatoms. The first-order valence-electron chi connectivity index (χ1n) is 4.82. The standard InChI is InChI=1S/C9H10ClN5O2S/c1-15-3-2-8(13-15)14-18(16,17)6-4-7(10)9(11)12-5-6/h2-5H,1H3,(H2,11,12)(H,13,14). The van der Waals surface area contributed by atoms with Crippen molar-refractivity contribution in [3.05, 3.63) is 29.5 Å². The van der Waals surface area contributed by atoms with Crippen LogP contribution < -0.4 is 10.5 Å². The molecule has 0 radical (unpaired) electrons. The maximum Gasteiger partial charge on any atom is 0.264 e. The van der Waals surface area contributed by atoms with Gasteiger partial charge in [0.2, 0.25) is 0 Å². The van der Waals surface area contributed by atoms with E-state index in [-0.39, 0.29) is 21.6 Å². The number of aromatic nitrogens is 3. The second-order valence-electron chi connectivity index (χ2n) is 3.52. The van der Waals surface area contributed by atoms with Crippen LogP contribution in [0.25, 0.3) is 0 Å². The number of nitrogen functional groups attached to an aromatic ring is 1. The van der Waals surface area contributed by atoms with Crippen molar-refractivity contribution >= 4 is 33.3 Å². The number of nitrogens with zero attached hydrogens (tertiary/aromatic N) is 3. The Morgan fingerprint density at radius 1 is 1.50 bits per heavy atom. The van der Waals surface area contributed by atoms with E-state index >= 15 is 0 Å². The van der Waals surface area contributed by atoms with Crippen LogP contribution in [0.3, 0.4) is 0 Å². The monoisotopic (exact) mass is 287 g/mol. The summed E-state index contributed by atoms with van der Waals surface area (Å²) in [6, 6.07) is 2.76. The normalized spacial score (nSPS) is 11.4. The molecule has 0 spiro atoms. The zero-order chi connectivity index (χ0) is 13.3. The van der Waals surface area contributed by atoms with Crippen LogP contribution in [0.1, 0.15) is 0 Å². The van der Waals surface area contributed by atoms with Crippen molar-refractivity contribution in [1.82, 2.24) is 14.8 Å². The molecule has 2 aromatic rings. The number of hydrogen-bond acceptors (Lipinski definition) is 5. The fourth-order valence-corrected chi connectivity index (χ4v) is 2.44. The zero-order valence-electron chi connectivity index (χ0n) is 9.33. The molecule has 2 heterocycles. The van der Waals surface area contributed by atoms with Gasteiger partial charge in [-0.1, -0.05) is 11.6 Å². The Hall–Kier alpha value is -1.80. The van der Waals surface area contributed by atoms with Crippen LogP contribution in [-0.4, -0.2) is 23.2 Å². The molecule has 0 bridgehead atoms. The van der Waals surface area contributed by atoms with Crippen LogP contribution in [0.2, 0.25) is 5.02 Å². The van der Waals surface area contributed by atoms with E-state index in [0.29, 0.717) is 0 Å². The molecule has 0 aliphatic heterocycles. The lowest BCUT2D eigenvalue weighted by atomic mass is 10.5. The zero-order valence-corrected chi connectivity index (χ0v) is 10.9. The Balaban J connectivity index is 2.33. The molecule has 18 heavy (non-hydrogen) atoms. The van der Waals surface area contributed by atoms with Crippen LogP contribution in [0.4, 0.5) is 11.6 Å². The lowest BCUT2D eigenvalue weighted by Crippen LogP contribution is -2.14. The third-order valence-electron chi connectivity index (χ3n) is 2.11. The van der Waals surface area contributed by atoms with Gasteiger partial charge in [-0.15, -0.1) is 0 Å². The highest BCUT2D eigenvalue weighted by Gasteiger charge is 2.17. The summed E-state index contributed by atoms with van der Waals surface area (Å²) in [4.78, 5) is 3.62. The van der Waals surface area contributed by atoms with Crippen molar-refractivity contribution in [3.63, 3.8) is 0 Å². The highest BCUT2D eigenvalue weighted by atomic mass is 35.5. The quantitative estimate of drug-likeness (QED) is 0.871. The van der Waals surface area contributed by atoms with Crippen molar-refractivity contribution < 1.29 is 8.42 Å². The molecule has 0 aliphatic rings. The smallest absolute Gasteiger partial charge is 0.264 e. The van der Waals surface area contributed by atoms with Gasteiger partial charge in [0.15, 0.2) is 5.82 Å². The van der Waals surface area contributed by atoms with Gasteiger partial charge >= 0.3 is 0 Å². The van der Waals surface area contributed by atoms with Crippen LogP contribution in [0.5, 0.6) is 0 Å². The van der Waals surface area contributed by atoms with E-state index in [1.54, 1.807) is 13.2 Å². The number of rotatable bonds is 3. The molecule has 0 aliphatic carbocycles. The number of nitrogens with two attached hydrogens (primary N) is 1. The highest BCUT2D eigenvalue weighted by Crippen LogP contribution is 2.21. The summed E-state index contributed by atoms with van der Waals surface area (Å²) in [7, 11) is -2.09. The number of sulfonamides is 1. The molecule has 3 N–H and O–H groups in total. The largest absolute Gasteiger partial charge is 0.382 e. The molecular weight excluding hydrogens is 278 g/mol. The summed E-state index contributed by atoms with van der Waals surface area (Å²) in [6.45, 7) is 0. The first-order chi connectivity index (χ1) is 8.38. The van der Waals surface area contributed by atoms with Gasteiger partial charge in [0, 0.05) is 25.5 Å². The molecule has 0 aromatic carbocycles. The SMILES string of the molecule is Cn1ccc(NS(=O)(=O)c2cnc(N)c(Cl)c2)n1. The van der Waals surface area contributed by atoms with Gasteiger partial charge in [-0.2, -0.15) is 5.10 Å². The summed E-state index contributed by atoms with van der Waals surface area (Å²) in [5.41, 5.74) is 5.41. The van der Waals surface area contributed by atoms with Crippen LogP contribution in [0.15, 0.2) is 29.4 Å². The van der Waals surface area contributed by atoms with Crippen LogP contribution in [0, 0.1) is 0 Å². The second-order valence-corrected chi connectivity index (χ2v) is 5.61. The summed E-state index contributed by atoms with van der Waals surface area (Å²) >= 11 is 5.73. The minimum absolute atomic E-state index is 0.0765. The molecule has 2 rings (SSSR count). The molecule has 0 amide bonds. The summed E-state index contributed by atoms with van der Waals surface area (Å²) in [5, 5.41) is 3.99. The number of hydrogen-bond donors (Lipinski definition) is 2. The molecule has 0 saturated carbocycles. The maximum absolute atomic E-state index is 12.0. The van der Waals surface area contributed by atoms with Gasteiger partial charge in [0.25, 0.3) is 10.0 Å². The topological polar surface area (TPSA) is 103 Å². The van der Waals surface area contributed by atoms with Crippen molar-refractivity contribution in [2.24, 2.45) is 7.05 Å². The van der Waals surface area contributed by atoms with Gasteiger partial charge in [-0.3, -0.25) is 9.40 Å². The predicted octanol–water partition coefficient (Wildman–Crippen LogP) is 0.851. The van der Waals surface area contributed by atoms with E-state index < -0.39 is 10.0 Å². The molecule has 7 nitrogen and oxygen atoms in total. The predicted molar refractivity (Wildman–Crippen MR) is 67.7 cm³/mol. The summed E-state index contributed by atoms with van der Waals surface area (Å²) in [6.07, 6.45) is 2.75. The van der Waals surface area contributed by atoms with E-state index in [4.69, 9.17) is 17.3 Å². The number of halogens is 1. The van der Waals surface area contributed by atoms with Crippen molar-refractivity contribution in [2.75, 3.05) is 10.5 Å². The fourth-order valence-electron chi connectivity index (χ4n) is 1.24. The Labute approximate surface area is 109 Å². The average Bonchev–Trinajstić information content (AvgIpc) is 2.67. The third kappa shape index (κ3) is 2.54. The maximum atomic E-state index is 12.0. The van der Waals surface area contributed by atoms with Gasteiger partial charge in [-0.25, -0.2) is 13.4 Å². The number of anilines is 2. The van der Waals surface area contributed by atoms with E-state index in [9.17, 15) is 8.42 Å². The molecule has 0 saturated heterocycles. The third-order valence-corrected chi connectivity index (χ3v) is 3.73. The van der Waals surface area contributed by atoms with Crippen LogP contribution >= 0.6 is 11.6 Å². The Morgan fingerprint density at radius 2 is 2.22 bits per heavy atom. The fraction of sp³-hybridized carbons (Fsp3) is 0.111. The first-order valence-corrected chi connectivity index (χ1v) is 6.68. The number of pyridine rings is 1. The van der Waals surface area contributed by atoms with E-state index in [0.717, 1.165) is 6.20 Å². The lowest BCUT2D eigenvalue weighted by molar-refractivity contribution is 0.600. The van der Waals surface area contributed by atoms with Crippen molar-refractivity contribution in [3.8, 4) is 0 Å². The van der Waals surface area contributed by atoms with Crippen molar-refractivity contribution in [1.29, 1.82) is 0 Å². The second kappa shape index (κ2) is 4.46. The van der Waals surface area contributed by atoms with Gasteiger partial charge < -0.3 is 5.73 Å². The minimum atomic E-state index is -3.77. The van der Waals surface area contributed by atoms with E-state index in [1.807, 2.05) is 0 Å². The first kappa shape index (κ1) is 12.7. The average molecular weight is 288 g/mol. The molecule has 96 valence electrons. The molecule has 0 atom stereocenters. The summed E-state index contributed by atoms with van der Waals surface area (Å²) < 4.78 is 27.7. The van der Waals surface area contributed by atoms with Gasteiger partial charge in [-0.05, 0) is 6.07 Å². The Bertz CT molecular complexity index is 682. The molecule has 0 unspecified atom stereocenters. The minimum Gasteiger partial charge on any atom is -0.382 e. The molecule has 0 fully saturated rings. The summed E-state index contributed by atoms with van der Waals surface area (Å²) in [5.74, 6) is 0.291. The Kier molecular flexibility index (Phi) is 3.14. The van der Waals surface area contributed by atoms with Gasteiger partial charge in [0.1, 0.15) is 10.7 Å². The van der Waals surface area contributed by atoms with E-state index in [2.05, 4.69) is 14.8 Å². The number of aryl methyl sites for hydroxylation is 1. The number of nitrogens with one attached hydrogen (secondary N) is 1. The van der Waals surface area contributed by atoms with E-state index in [1.165, 1.54) is 16.8 Å². The van der Waals surface area contributed by atoms with Gasteiger partial charge in [0.05, 0.1) is 5.02 Å². The molecular formula is C9H10ClN5O2S. The van der Waals surface area contributed by atoms with Crippen LogP contribution in [-0.2, 0) is 17.1 Å². The Morgan fingerprint density at radius 3 is 2.78 bits per heavy atom. The molecule has 2 aromatic heterocycles.